The molecular formula is C18H21N3O4S. The maximum atomic E-state index is 13.3. The first-order valence-electron chi connectivity index (χ1n) is 8.26. The maximum Gasteiger partial charge on any atom is 0.338 e. The molecule has 3 rings (SSSR count). The van der Waals surface area contributed by atoms with E-state index < -0.39 is 16.0 Å². The van der Waals surface area contributed by atoms with Gasteiger partial charge in [0.25, 0.3) is 0 Å². The number of rotatable bonds is 4. The monoisotopic (exact) mass is 375 g/mol. The van der Waals surface area contributed by atoms with Gasteiger partial charge >= 0.3 is 5.97 Å². The Morgan fingerprint density at radius 1 is 1.35 bits per heavy atom. The van der Waals surface area contributed by atoms with Gasteiger partial charge in [-0.3, -0.25) is 4.98 Å². The number of nitrogens with zero attached hydrogens (tertiary/aromatic N) is 2. The maximum absolute atomic E-state index is 13.3. The highest BCUT2D eigenvalue weighted by Gasteiger charge is 2.35. The number of methoxy groups -OCH3 is 1. The predicted molar refractivity (Wildman–Crippen MR) is 96.3 cm³/mol. The third-order valence-electron chi connectivity index (χ3n) is 4.48. The summed E-state index contributed by atoms with van der Waals surface area (Å²) in [5.41, 5.74) is 1.74. The van der Waals surface area contributed by atoms with Crippen molar-refractivity contribution in [3.05, 3.63) is 59.4 Å². The summed E-state index contributed by atoms with van der Waals surface area (Å²) < 4.78 is 32.8. The topological polar surface area (TPSA) is 88.6 Å². The number of aromatic nitrogens is 1. The Labute approximate surface area is 153 Å². The number of piperazine rings is 1. The van der Waals surface area contributed by atoms with E-state index in [4.69, 9.17) is 4.74 Å². The molecule has 1 aromatic carbocycles. The lowest BCUT2D eigenvalue weighted by Gasteiger charge is -2.35. The highest BCUT2D eigenvalue weighted by Crippen LogP contribution is 2.29. The Balaban J connectivity index is 2.02. The fraction of sp³-hybridized carbons (Fsp3) is 0.333. The summed E-state index contributed by atoms with van der Waals surface area (Å²) in [6.45, 7) is 3.14. The molecule has 1 saturated heterocycles. The zero-order valence-corrected chi connectivity index (χ0v) is 15.5. The molecule has 2 heterocycles. The minimum atomic E-state index is -3.78. The van der Waals surface area contributed by atoms with E-state index in [0.717, 1.165) is 5.56 Å². The largest absolute Gasteiger partial charge is 0.465 e. The standard InChI is InChI=1S/C18H21N3O4S/c1-13-5-6-15(10-16(13)18(22)25-2)26(23,24)21-9-8-20-12-17(21)14-4-3-7-19-11-14/h3-7,10-11,17,20H,8-9,12H2,1-2H3. The molecule has 0 radical (unpaired) electrons. The van der Waals surface area contributed by atoms with Gasteiger partial charge in [0, 0.05) is 32.0 Å². The third-order valence-corrected chi connectivity index (χ3v) is 6.39. The minimum Gasteiger partial charge on any atom is -0.465 e. The highest BCUT2D eigenvalue weighted by atomic mass is 32.2. The lowest BCUT2D eigenvalue weighted by atomic mass is 10.1. The fourth-order valence-electron chi connectivity index (χ4n) is 3.06. The van der Waals surface area contributed by atoms with E-state index in [-0.39, 0.29) is 16.5 Å². The van der Waals surface area contributed by atoms with Gasteiger partial charge in [0.2, 0.25) is 10.0 Å². The van der Waals surface area contributed by atoms with Gasteiger partial charge in [-0.1, -0.05) is 12.1 Å². The molecule has 1 fully saturated rings. The molecule has 138 valence electrons. The van der Waals surface area contributed by atoms with E-state index in [1.807, 2.05) is 6.07 Å². The molecule has 1 aromatic heterocycles. The van der Waals surface area contributed by atoms with Crippen molar-refractivity contribution >= 4 is 16.0 Å². The molecule has 1 N–H and O–H groups in total. The molecule has 26 heavy (non-hydrogen) atoms. The Morgan fingerprint density at radius 3 is 2.85 bits per heavy atom. The molecule has 1 aliphatic heterocycles. The molecule has 2 aromatic rings. The zero-order chi connectivity index (χ0) is 18.7. The van der Waals surface area contributed by atoms with Crippen molar-refractivity contribution < 1.29 is 17.9 Å². The summed E-state index contributed by atoms with van der Waals surface area (Å²) in [6, 6.07) is 7.84. The second kappa shape index (κ2) is 7.53. The summed E-state index contributed by atoms with van der Waals surface area (Å²) in [5, 5.41) is 3.23. The second-order valence-corrected chi connectivity index (χ2v) is 7.98. The lowest BCUT2D eigenvalue weighted by Crippen LogP contribution is -2.48. The van der Waals surface area contributed by atoms with Gasteiger partial charge in [-0.25, -0.2) is 13.2 Å². The predicted octanol–water partition coefficient (Wildman–Crippen LogP) is 1.51. The van der Waals surface area contributed by atoms with Gasteiger partial charge in [0.1, 0.15) is 0 Å². The number of hydrogen-bond acceptors (Lipinski definition) is 6. The first-order valence-corrected chi connectivity index (χ1v) is 9.70. The molecule has 0 spiro atoms. The molecule has 1 aliphatic rings. The Bertz CT molecular complexity index is 900. The fourth-order valence-corrected chi connectivity index (χ4v) is 4.70. The molecule has 1 atom stereocenters. The van der Waals surface area contributed by atoms with E-state index in [2.05, 4.69) is 10.3 Å². The lowest BCUT2D eigenvalue weighted by molar-refractivity contribution is 0.0599. The number of aryl methyl sites for hydroxylation is 1. The number of esters is 1. The Kier molecular flexibility index (Phi) is 5.36. The van der Waals surface area contributed by atoms with Crippen LogP contribution in [0.15, 0.2) is 47.6 Å². The van der Waals surface area contributed by atoms with E-state index in [0.29, 0.717) is 25.2 Å². The zero-order valence-electron chi connectivity index (χ0n) is 14.7. The van der Waals surface area contributed by atoms with Crippen molar-refractivity contribution in [2.24, 2.45) is 0 Å². The summed E-state index contributed by atoms with van der Waals surface area (Å²) in [7, 11) is -2.51. The number of carbonyl (C=O) groups excluding carboxylic acids is 1. The van der Waals surface area contributed by atoms with Crippen molar-refractivity contribution in [3.8, 4) is 0 Å². The molecule has 8 heteroatoms. The van der Waals surface area contributed by atoms with E-state index >= 15 is 0 Å². The van der Waals surface area contributed by atoms with Gasteiger partial charge < -0.3 is 10.1 Å². The van der Waals surface area contributed by atoms with Crippen molar-refractivity contribution in [3.63, 3.8) is 0 Å². The number of benzene rings is 1. The molecule has 0 aliphatic carbocycles. The van der Waals surface area contributed by atoms with Crippen molar-refractivity contribution in [2.45, 2.75) is 17.9 Å². The average molecular weight is 375 g/mol. The van der Waals surface area contributed by atoms with Crippen LogP contribution in [-0.2, 0) is 14.8 Å². The molecule has 0 saturated carbocycles. The molecule has 7 nitrogen and oxygen atoms in total. The SMILES string of the molecule is COC(=O)c1cc(S(=O)(=O)N2CCNCC2c2cccnc2)ccc1C. The normalized spacial score (nSPS) is 18.5. The summed E-state index contributed by atoms with van der Waals surface area (Å²) >= 11 is 0. The van der Waals surface area contributed by atoms with Crippen molar-refractivity contribution in [1.82, 2.24) is 14.6 Å². The van der Waals surface area contributed by atoms with E-state index in [1.54, 1.807) is 31.5 Å². The smallest absolute Gasteiger partial charge is 0.338 e. The number of carbonyl (C=O) groups is 1. The van der Waals surface area contributed by atoms with Crippen LogP contribution < -0.4 is 5.32 Å². The van der Waals surface area contributed by atoms with Gasteiger partial charge in [-0.15, -0.1) is 0 Å². The van der Waals surface area contributed by atoms with Crippen LogP contribution in [0.5, 0.6) is 0 Å². The molecular weight excluding hydrogens is 354 g/mol. The summed E-state index contributed by atoms with van der Waals surface area (Å²) in [5.74, 6) is -0.552. The number of pyridine rings is 1. The van der Waals surface area contributed by atoms with E-state index in [1.165, 1.54) is 23.5 Å². The van der Waals surface area contributed by atoms with Crippen LogP contribution in [0.4, 0.5) is 0 Å². The number of sulfonamides is 1. The highest BCUT2D eigenvalue weighted by molar-refractivity contribution is 7.89. The van der Waals surface area contributed by atoms with Crippen LogP contribution in [0.25, 0.3) is 0 Å². The van der Waals surface area contributed by atoms with Crippen LogP contribution in [-0.4, -0.2) is 50.4 Å². The molecule has 0 bridgehead atoms. The Hall–Kier alpha value is -2.29. The third kappa shape index (κ3) is 3.48. The van der Waals surface area contributed by atoms with Gasteiger partial charge in [-0.2, -0.15) is 4.31 Å². The first-order chi connectivity index (χ1) is 12.4. The summed E-state index contributed by atoms with van der Waals surface area (Å²) in [6.07, 6.45) is 3.33. The van der Waals surface area contributed by atoms with Gasteiger partial charge in [0.05, 0.1) is 23.6 Å². The van der Waals surface area contributed by atoms with Crippen LogP contribution in [0.2, 0.25) is 0 Å². The quantitative estimate of drug-likeness (QED) is 0.815. The average Bonchev–Trinajstić information content (AvgIpc) is 2.68. The van der Waals surface area contributed by atoms with Crippen LogP contribution in [0, 0.1) is 6.92 Å². The number of nitrogens with one attached hydrogen (secondary N) is 1. The molecule has 1 unspecified atom stereocenters. The Morgan fingerprint density at radius 2 is 2.15 bits per heavy atom. The second-order valence-electron chi connectivity index (χ2n) is 6.09. The first kappa shape index (κ1) is 18.5. The van der Waals surface area contributed by atoms with Crippen molar-refractivity contribution in [2.75, 3.05) is 26.7 Å². The van der Waals surface area contributed by atoms with Gasteiger partial charge in [-0.05, 0) is 36.2 Å². The van der Waals surface area contributed by atoms with Crippen LogP contribution in [0.3, 0.4) is 0 Å². The van der Waals surface area contributed by atoms with Gasteiger partial charge in [0.15, 0.2) is 0 Å². The number of ether oxygens (including phenoxy) is 1. The van der Waals surface area contributed by atoms with Crippen LogP contribution in [0.1, 0.15) is 27.5 Å². The summed E-state index contributed by atoms with van der Waals surface area (Å²) in [4.78, 5) is 16.1. The number of hydrogen-bond donors (Lipinski definition) is 1. The van der Waals surface area contributed by atoms with Crippen molar-refractivity contribution in [1.29, 1.82) is 0 Å². The van der Waals surface area contributed by atoms with E-state index in [9.17, 15) is 13.2 Å². The minimum absolute atomic E-state index is 0.0827. The van der Waals surface area contributed by atoms with Crippen LogP contribution >= 0.6 is 0 Å². The molecule has 0 amide bonds.